The molecule has 9 heteroatoms. The van der Waals surface area contributed by atoms with Crippen molar-refractivity contribution < 1.29 is 14.7 Å². The third-order valence-corrected chi connectivity index (χ3v) is 4.49. The molecule has 0 atom stereocenters. The number of imidazole rings is 1. The maximum absolute atomic E-state index is 8.93. The van der Waals surface area contributed by atoms with Gasteiger partial charge in [-0.1, -0.05) is 12.1 Å². The summed E-state index contributed by atoms with van der Waals surface area (Å²) in [6.07, 6.45) is 3.38. The van der Waals surface area contributed by atoms with Crippen molar-refractivity contribution in [3.05, 3.63) is 60.6 Å². The summed E-state index contributed by atoms with van der Waals surface area (Å²) >= 11 is 0. The van der Waals surface area contributed by atoms with Crippen molar-refractivity contribution >= 4 is 16.9 Å². The number of nitrogens with one attached hydrogen (secondary N) is 2. The molecule has 0 amide bonds. The van der Waals surface area contributed by atoms with Crippen molar-refractivity contribution in [2.24, 2.45) is 0 Å². The van der Waals surface area contributed by atoms with E-state index in [1.54, 1.807) is 31.8 Å². The zero-order chi connectivity index (χ0) is 20.4. The molecule has 0 bridgehead atoms. The van der Waals surface area contributed by atoms with Gasteiger partial charge in [0.15, 0.2) is 0 Å². The molecule has 0 spiro atoms. The number of hydrogen-bond donors (Lipinski definition) is 3. The third kappa shape index (κ3) is 3.34. The Bertz CT molecular complexity index is 1200. The molecule has 9 nitrogen and oxygen atoms in total. The lowest BCUT2D eigenvalue weighted by Crippen LogP contribution is -2.18. The van der Waals surface area contributed by atoms with Crippen LogP contribution in [0.15, 0.2) is 55.0 Å². The molecular weight excluding hydrogens is 372 g/mol. The van der Waals surface area contributed by atoms with E-state index in [2.05, 4.69) is 15.0 Å². The van der Waals surface area contributed by atoms with E-state index in [4.69, 9.17) is 20.1 Å². The topological polar surface area (TPSA) is 118 Å². The van der Waals surface area contributed by atoms with Gasteiger partial charge in [-0.25, -0.2) is 9.97 Å². The molecule has 0 unspecified atom stereocenters. The van der Waals surface area contributed by atoms with Gasteiger partial charge in [0.05, 0.1) is 30.8 Å². The Balaban J connectivity index is 1.77. The normalized spacial score (nSPS) is 10.7. The quantitative estimate of drug-likeness (QED) is 0.272. The molecule has 3 N–H and O–H groups in total. The lowest BCUT2D eigenvalue weighted by molar-refractivity contribution is 0.234. The van der Waals surface area contributed by atoms with Crippen LogP contribution in [-0.2, 0) is 0 Å². The number of rotatable bonds is 5. The van der Waals surface area contributed by atoms with E-state index in [9.17, 15) is 0 Å². The molecule has 4 rings (SSSR count). The van der Waals surface area contributed by atoms with Gasteiger partial charge in [-0.05, 0) is 35.9 Å². The number of methoxy groups -OCH3 is 2. The van der Waals surface area contributed by atoms with E-state index in [0.717, 1.165) is 22.3 Å². The first-order valence-electron chi connectivity index (χ1n) is 8.66. The van der Waals surface area contributed by atoms with Gasteiger partial charge in [0, 0.05) is 17.4 Å². The summed E-state index contributed by atoms with van der Waals surface area (Å²) < 4.78 is 12.4. The first-order chi connectivity index (χ1) is 14.1. The van der Waals surface area contributed by atoms with Crippen LogP contribution in [0.2, 0.25) is 0 Å². The van der Waals surface area contributed by atoms with Gasteiger partial charge >= 0.3 is 6.01 Å². The summed E-state index contributed by atoms with van der Waals surface area (Å²) in [6, 6.07) is 13.4. The Kier molecular flexibility index (Phi) is 4.80. The zero-order valence-electron chi connectivity index (χ0n) is 15.7. The summed E-state index contributed by atoms with van der Waals surface area (Å²) in [4.78, 5) is 12.8. The van der Waals surface area contributed by atoms with Crippen molar-refractivity contribution in [2.75, 3.05) is 14.2 Å². The first-order valence-corrected chi connectivity index (χ1v) is 8.66. The van der Waals surface area contributed by atoms with Crippen LogP contribution in [-0.4, -0.2) is 44.8 Å². The summed E-state index contributed by atoms with van der Waals surface area (Å²) in [5, 5.41) is 16.6. The molecule has 2 heterocycles. The molecule has 2 aromatic carbocycles. The van der Waals surface area contributed by atoms with Gasteiger partial charge < -0.3 is 9.47 Å². The predicted molar refractivity (Wildman–Crippen MR) is 107 cm³/mol. The summed E-state index contributed by atoms with van der Waals surface area (Å²) in [7, 11) is 3.05. The van der Waals surface area contributed by atoms with E-state index in [1.807, 2.05) is 40.4 Å². The maximum atomic E-state index is 8.93. The molecule has 0 aliphatic rings. The van der Waals surface area contributed by atoms with Gasteiger partial charge in [0.1, 0.15) is 12.2 Å². The Labute approximate surface area is 166 Å². The minimum absolute atomic E-state index is 0.0879. The molecular formula is C20H18N6O3. The monoisotopic (exact) mass is 390 g/mol. The van der Waals surface area contributed by atoms with Crippen molar-refractivity contribution in [1.82, 2.24) is 25.0 Å². The highest BCUT2D eigenvalue weighted by Crippen LogP contribution is 2.30. The molecule has 146 valence electrons. The number of aromatic nitrogens is 4. The van der Waals surface area contributed by atoms with Crippen molar-refractivity contribution in [1.29, 1.82) is 5.41 Å². The Morgan fingerprint density at radius 3 is 2.72 bits per heavy atom. The fourth-order valence-electron chi connectivity index (χ4n) is 3.06. The minimum atomic E-state index is -0.0879. The largest absolute Gasteiger partial charge is 0.480 e. The van der Waals surface area contributed by atoms with Crippen LogP contribution in [0.5, 0.6) is 11.9 Å². The number of ether oxygens (including phenoxy) is 2. The smallest absolute Gasteiger partial charge is 0.319 e. The fourth-order valence-corrected chi connectivity index (χ4v) is 3.06. The number of hydroxylamine groups is 1. The van der Waals surface area contributed by atoms with Crippen LogP contribution in [0.25, 0.3) is 27.8 Å². The predicted octanol–water partition coefficient (Wildman–Crippen LogP) is 2.80. The Morgan fingerprint density at radius 1 is 1.10 bits per heavy atom. The highest BCUT2D eigenvalue weighted by Gasteiger charge is 2.13. The Hall–Kier alpha value is -3.98. The summed E-state index contributed by atoms with van der Waals surface area (Å²) in [6.45, 7) is 0. The standard InChI is InChI=1S/C20H18N6O3/c1-28-19-15(10-22-20(24-19)29-2)12-4-3-5-14(8-12)26-11-23-16-9-13(18(21)25-27)6-7-17(16)26/h3-11,27H,1-2H3,(H2,21,25). The number of hydrogen-bond acceptors (Lipinski definition) is 7. The molecule has 0 fully saturated rings. The molecule has 0 radical (unpaired) electrons. The maximum Gasteiger partial charge on any atom is 0.319 e. The van der Waals surface area contributed by atoms with Crippen LogP contribution < -0.4 is 15.0 Å². The van der Waals surface area contributed by atoms with E-state index in [1.165, 1.54) is 7.11 Å². The average Bonchev–Trinajstić information content (AvgIpc) is 3.21. The van der Waals surface area contributed by atoms with E-state index in [0.29, 0.717) is 17.0 Å². The second kappa shape index (κ2) is 7.56. The average molecular weight is 390 g/mol. The van der Waals surface area contributed by atoms with Gasteiger partial charge in [0.2, 0.25) is 5.88 Å². The highest BCUT2D eigenvalue weighted by atomic mass is 16.5. The van der Waals surface area contributed by atoms with Crippen LogP contribution in [0, 0.1) is 5.41 Å². The minimum Gasteiger partial charge on any atom is -0.480 e. The van der Waals surface area contributed by atoms with Crippen LogP contribution in [0.1, 0.15) is 5.56 Å². The Morgan fingerprint density at radius 2 is 1.97 bits per heavy atom. The number of fused-ring (bicyclic) bond motifs is 1. The second-order valence-corrected chi connectivity index (χ2v) is 6.13. The van der Waals surface area contributed by atoms with Crippen molar-refractivity contribution in [3.63, 3.8) is 0 Å². The summed E-state index contributed by atoms with van der Waals surface area (Å²) in [5.41, 5.74) is 6.48. The molecule has 2 aromatic heterocycles. The van der Waals surface area contributed by atoms with Crippen LogP contribution in [0.3, 0.4) is 0 Å². The van der Waals surface area contributed by atoms with Gasteiger partial charge in [0.25, 0.3) is 0 Å². The van der Waals surface area contributed by atoms with Crippen LogP contribution >= 0.6 is 0 Å². The van der Waals surface area contributed by atoms with Gasteiger partial charge in [-0.3, -0.25) is 20.7 Å². The summed E-state index contributed by atoms with van der Waals surface area (Å²) in [5.74, 6) is 0.333. The number of benzene rings is 2. The molecule has 29 heavy (non-hydrogen) atoms. The van der Waals surface area contributed by atoms with E-state index < -0.39 is 0 Å². The highest BCUT2D eigenvalue weighted by molar-refractivity contribution is 5.98. The van der Waals surface area contributed by atoms with E-state index >= 15 is 0 Å². The molecule has 0 saturated heterocycles. The van der Waals surface area contributed by atoms with Crippen molar-refractivity contribution in [2.45, 2.75) is 0 Å². The van der Waals surface area contributed by atoms with Gasteiger partial charge in [-0.15, -0.1) is 0 Å². The second-order valence-electron chi connectivity index (χ2n) is 6.13. The molecule has 0 aliphatic carbocycles. The fraction of sp³-hybridized carbons (Fsp3) is 0.100. The van der Waals surface area contributed by atoms with E-state index in [-0.39, 0.29) is 11.8 Å². The van der Waals surface area contributed by atoms with Crippen molar-refractivity contribution in [3.8, 4) is 28.7 Å². The lowest BCUT2D eigenvalue weighted by atomic mass is 10.1. The first kappa shape index (κ1) is 18.4. The molecule has 0 saturated carbocycles. The number of nitrogens with zero attached hydrogens (tertiary/aromatic N) is 4. The van der Waals surface area contributed by atoms with Gasteiger partial charge in [-0.2, -0.15) is 4.98 Å². The third-order valence-electron chi connectivity index (χ3n) is 4.49. The number of amidine groups is 1. The molecule has 0 aliphatic heterocycles. The van der Waals surface area contributed by atoms with Crippen LogP contribution in [0.4, 0.5) is 0 Å². The lowest BCUT2D eigenvalue weighted by Gasteiger charge is -2.11. The zero-order valence-corrected chi connectivity index (χ0v) is 15.7. The SMILES string of the molecule is COc1ncc(-c2cccc(-n3cnc4cc(C(=N)NO)ccc43)c2)c(OC)n1. The molecule has 4 aromatic rings.